The van der Waals surface area contributed by atoms with E-state index in [1.807, 2.05) is 23.1 Å². The minimum atomic E-state index is 0.00515. The Morgan fingerprint density at radius 3 is 2.41 bits per heavy atom. The van der Waals surface area contributed by atoms with Crippen LogP contribution in [0.1, 0.15) is 15.9 Å². The van der Waals surface area contributed by atoms with Crippen molar-refractivity contribution in [2.24, 2.45) is 0 Å². The fourth-order valence-electron chi connectivity index (χ4n) is 5.02. The standard InChI is InChI=1S/C30H26ClN5O/c1-21-7-5-12-25(17-21)36-19-26(22-8-3-2-4-9-22)27-28(32-20-33-29(27)36)34-13-15-35(16-14-34)30(37)23-10-6-11-24(31)18-23/h2-12,17-20H,13-16H2,1H3. The lowest BCUT2D eigenvalue weighted by Gasteiger charge is -2.35. The van der Waals surface area contributed by atoms with Crippen molar-refractivity contribution < 1.29 is 4.79 Å². The molecule has 37 heavy (non-hydrogen) atoms. The minimum Gasteiger partial charge on any atom is -0.352 e. The van der Waals surface area contributed by atoms with Crippen LogP contribution >= 0.6 is 11.6 Å². The predicted octanol–water partition coefficient (Wildman–Crippen LogP) is 6.01. The van der Waals surface area contributed by atoms with E-state index in [1.54, 1.807) is 18.5 Å². The van der Waals surface area contributed by atoms with Gasteiger partial charge in [-0.1, -0.05) is 60.1 Å². The zero-order valence-corrected chi connectivity index (χ0v) is 21.3. The van der Waals surface area contributed by atoms with Crippen LogP contribution < -0.4 is 4.90 Å². The van der Waals surface area contributed by atoms with Gasteiger partial charge in [-0.05, 0) is 48.4 Å². The summed E-state index contributed by atoms with van der Waals surface area (Å²) in [7, 11) is 0. The maximum Gasteiger partial charge on any atom is 0.254 e. The van der Waals surface area contributed by atoms with E-state index >= 15 is 0 Å². The fraction of sp³-hybridized carbons (Fsp3) is 0.167. The molecule has 0 unspecified atom stereocenters. The first-order valence-electron chi connectivity index (χ1n) is 12.4. The van der Waals surface area contributed by atoms with E-state index in [9.17, 15) is 4.79 Å². The Hall–Kier alpha value is -4.16. The lowest BCUT2D eigenvalue weighted by Crippen LogP contribution is -2.49. The number of piperazine rings is 1. The fourth-order valence-corrected chi connectivity index (χ4v) is 5.21. The van der Waals surface area contributed by atoms with Crippen molar-refractivity contribution in [1.29, 1.82) is 0 Å². The molecule has 0 aliphatic carbocycles. The molecule has 0 bridgehead atoms. The smallest absolute Gasteiger partial charge is 0.254 e. The summed E-state index contributed by atoms with van der Waals surface area (Å²) in [6, 6.07) is 25.9. The summed E-state index contributed by atoms with van der Waals surface area (Å²) in [6.45, 7) is 4.68. The van der Waals surface area contributed by atoms with Crippen LogP contribution in [0.2, 0.25) is 5.02 Å². The zero-order valence-electron chi connectivity index (χ0n) is 20.5. The van der Waals surface area contributed by atoms with Gasteiger partial charge in [0.1, 0.15) is 12.1 Å². The first-order chi connectivity index (χ1) is 18.1. The van der Waals surface area contributed by atoms with Crippen LogP contribution in [0.25, 0.3) is 27.8 Å². The van der Waals surface area contributed by atoms with Gasteiger partial charge in [-0.2, -0.15) is 0 Å². The van der Waals surface area contributed by atoms with Crippen LogP contribution in [0, 0.1) is 6.92 Å². The molecule has 0 saturated carbocycles. The second-order valence-corrected chi connectivity index (χ2v) is 9.74. The number of hydrogen-bond donors (Lipinski definition) is 0. The number of aromatic nitrogens is 3. The number of anilines is 1. The average molecular weight is 508 g/mol. The number of halogens is 1. The van der Waals surface area contributed by atoms with Crippen LogP contribution in [0.5, 0.6) is 0 Å². The number of nitrogens with zero attached hydrogens (tertiary/aromatic N) is 5. The second-order valence-electron chi connectivity index (χ2n) is 9.30. The summed E-state index contributed by atoms with van der Waals surface area (Å²) >= 11 is 6.11. The Labute approximate surface area is 220 Å². The van der Waals surface area contributed by atoms with Gasteiger partial charge in [-0.3, -0.25) is 4.79 Å². The van der Waals surface area contributed by atoms with Crippen molar-refractivity contribution >= 4 is 34.4 Å². The largest absolute Gasteiger partial charge is 0.352 e. The van der Waals surface area contributed by atoms with Crippen LogP contribution in [0.4, 0.5) is 5.82 Å². The molecule has 1 aliphatic heterocycles. The third-order valence-corrected chi connectivity index (χ3v) is 7.10. The Morgan fingerprint density at radius 2 is 1.65 bits per heavy atom. The van der Waals surface area contributed by atoms with Crippen molar-refractivity contribution in [2.75, 3.05) is 31.1 Å². The molecule has 5 aromatic rings. The topological polar surface area (TPSA) is 54.3 Å². The van der Waals surface area contributed by atoms with Gasteiger partial charge >= 0.3 is 0 Å². The van der Waals surface area contributed by atoms with Gasteiger partial charge in [0.05, 0.1) is 5.39 Å². The van der Waals surface area contributed by atoms with E-state index in [4.69, 9.17) is 21.6 Å². The molecule has 0 N–H and O–H groups in total. The molecule has 1 amide bonds. The van der Waals surface area contributed by atoms with Gasteiger partial charge in [-0.25, -0.2) is 9.97 Å². The Balaban J connectivity index is 1.38. The van der Waals surface area contributed by atoms with Crippen LogP contribution in [0.15, 0.2) is 91.4 Å². The van der Waals surface area contributed by atoms with Crippen molar-refractivity contribution in [3.05, 3.63) is 108 Å². The molecule has 3 heterocycles. The highest BCUT2D eigenvalue weighted by Crippen LogP contribution is 2.37. The first kappa shape index (κ1) is 23.3. The van der Waals surface area contributed by atoms with E-state index in [2.05, 4.69) is 71.1 Å². The van der Waals surface area contributed by atoms with Crippen LogP contribution in [-0.2, 0) is 0 Å². The van der Waals surface area contributed by atoms with E-state index in [0.29, 0.717) is 36.8 Å². The Bertz CT molecular complexity index is 1590. The monoisotopic (exact) mass is 507 g/mol. The average Bonchev–Trinajstić information content (AvgIpc) is 3.33. The third-order valence-electron chi connectivity index (χ3n) is 6.87. The summed E-state index contributed by atoms with van der Waals surface area (Å²) in [5, 5.41) is 1.59. The van der Waals surface area contributed by atoms with Crippen molar-refractivity contribution in [2.45, 2.75) is 6.92 Å². The maximum absolute atomic E-state index is 13.1. The van der Waals surface area contributed by atoms with Gasteiger partial charge < -0.3 is 14.4 Å². The molecule has 0 radical (unpaired) electrons. The summed E-state index contributed by atoms with van der Waals surface area (Å²) in [5.41, 5.74) is 5.94. The van der Waals surface area contributed by atoms with E-state index < -0.39 is 0 Å². The van der Waals surface area contributed by atoms with Crippen LogP contribution in [-0.4, -0.2) is 51.5 Å². The number of hydrogen-bond acceptors (Lipinski definition) is 4. The quantitative estimate of drug-likeness (QED) is 0.299. The molecule has 0 atom stereocenters. The maximum atomic E-state index is 13.1. The lowest BCUT2D eigenvalue weighted by atomic mass is 10.1. The summed E-state index contributed by atoms with van der Waals surface area (Å²) in [4.78, 5) is 26.7. The molecule has 6 rings (SSSR count). The third kappa shape index (κ3) is 4.45. The van der Waals surface area contributed by atoms with Gasteiger partial charge in [0, 0.05) is 54.2 Å². The predicted molar refractivity (Wildman–Crippen MR) is 149 cm³/mol. The van der Waals surface area contributed by atoms with E-state index in [-0.39, 0.29) is 5.91 Å². The normalized spacial score (nSPS) is 13.8. The highest BCUT2D eigenvalue weighted by Gasteiger charge is 2.26. The molecule has 1 aliphatic rings. The molecule has 6 nitrogen and oxygen atoms in total. The molecule has 2 aromatic heterocycles. The van der Waals surface area contributed by atoms with Crippen LogP contribution in [0.3, 0.4) is 0 Å². The summed E-state index contributed by atoms with van der Waals surface area (Å²) in [5.74, 6) is 0.899. The number of carbonyl (C=O) groups excluding carboxylic acids is 1. The molecule has 1 saturated heterocycles. The van der Waals surface area contributed by atoms with Gasteiger partial charge in [0.25, 0.3) is 5.91 Å². The van der Waals surface area contributed by atoms with Gasteiger partial charge in [0.2, 0.25) is 0 Å². The number of carbonyl (C=O) groups is 1. The minimum absolute atomic E-state index is 0.00515. The molecular weight excluding hydrogens is 482 g/mol. The Kier molecular flexibility index (Phi) is 6.10. The number of benzene rings is 3. The molecule has 184 valence electrons. The number of fused-ring (bicyclic) bond motifs is 1. The number of rotatable bonds is 4. The van der Waals surface area contributed by atoms with Gasteiger partial charge in [-0.15, -0.1) is 0 Å². The highest BCUT2D eigenvalue weighted by molar-refractivity contribution is 6.31. The molecular formula is C30H26ClN5O. The van der Waals surface area contributed by atoms with Crippen molar-refractivity contribution in [1.82, 2.24) is 19.4 Å². The zero-order chi connectivity index (χ0) is 25.4. The molecule has 7 heteroatoms. The molecule has 3 aromatic carbocycles. The van der Waals surface area contributed by atoms with E-state index in [0.717, 1.165) is 33.7 Å². The molecule has 1 fully saturated rings. The Morgan fingerprint density at radius 1 is 0.865 bits per heavy atom. The van der Waals surface area contributed by atoms with Crippen molar-refractivity contribution in [3.8, 4) is 16.8 Å². The lowest BCUT2D eigenvalue weighted by molar-refractivity contribution is 0.0746. The van der Waals surface area contributed by atoms with Gasteiger partial charge in [0.15, 0.2) is 5.65 Å². The SMILES string of the molecule is Cc1cccc(-n2cc(-c3ccccc3)c3c(N4CCN(C(=O)c5cccc(Cl)c5)CC4)ncnc32)c1. The number of amides is 1. The summed E-state index contributed by atoms with van der Waals surface area (Å²) in [6.07, 6.45) is 3.80. The van der Waals surface area contributed by atoms with Crippen molar-refractivity contribution in [3.63, 3.8) is 0 Å². The van der Waals surface area contributed by atoms with E-state index in [1.165, 1.54) is 5.56 Å². The number of aryl methyl sites for hydroxylation is 1. The second kappa shape index (κ2) is 9.71. The first-order valence-corrected chi connectivity index (χ1v) is 12.7. The highest BCUT2D eigenvalue weighted by atomic mass is 35.5. The summed E-state index contributed by atoms with van der Waals surface area (Å²) < 4.78 is 2.15. The molecule has 0 spiro atoms.